The molecule has 6 heteroatoms. The third-order valence-electron chi connectivity index (χ3n) is 1.85. The summed E-state index contributed by atoms with van der Waals surface area (Å²) in [4.78, 5) is 0. The van der Waals surface area contributed by atoms with Gasteiger partial charge in [0.15, 0.2) is 18.1 Å². The highest BCUT2D eigenvalue weighted by Crippen LogP contribution is 2.30. The Morgan fingerprint density at radius 3 is 2.41 bits per heavy atom. The average Bonchev–Trinajstić information content (AvgIpc) is 2.26. The summed E-state index contributed by atoms with van der Waals surface area (Å²) in [5.74, 6) is 0.433. The van der Waals surface area contributed by atoms with Gasteiger partial charge in [-0.3, -0.25) is 0 Å². The standard InChI is InChI=1S/C11H12BrF3O2/c1-2-16-10-5-8(6-12)3-4-9(10)17-7-11(13,14)15/h3-5H,2,6-7H2,1H3. The summed E-state index contributed by atoms with van der Waals surface area (Å²) in [6, 6.07) is 4.82. The zero-order valence-corrected chi connectivity index (χ0v) is 10.8. The molecule has 0 unspecified atom stereocenters. The quantitative estimate of drug-likeness (QED) is 0.767. The molecule has 17 heavy (non-hydrogen) atoms. The van der Waals surface area contributed by atoms with Gasteiger partial charge in [0.1, 0.15) is 0 Å². The molecule has 1 rings (SSSR count). The van der Waals surface area contributed by atoms with Crippen LogP contribution >= 0.6 is 15.9 Å². The van der Waals surface area contributed by atoms with Gasteiger partial charge < -0.3 is 9.47 Å². The Labute approximate surface area is 106 Å². The summed E-state index contributed by atoms with van der Waals surface area (Å²) in [5.41, 5.74) is 0.910. The van der Waals surface area contributed by atoms with Crippen molar-refractivity contribution in [2.75, 3.05) is 13.2 Å². The van der Waals surface area contributed by atoms with Crippen molar-refractivity contribution in [3.05, 3.63) is 23.8 Å². The maximum Gasteiger partial charge on any atom is 0.422 e. The molecule has 0 heterocycles. The van der Waals surface area contributed by atoms with Gasteiger partial charge in [0.2, 0.25) is 0 Å². The van der Waals surface area contributed by atoms with E-state index in [2.05, 4.69) is 20.7 Å². The third-order valence-corrected chi connectivity index (χ3v) is 2.50. The normalized spacial score (nSPS) is 11.4. The fourth-order valence-corrected chi connectivity index (χ4v) is 1.53. The molecule has 0 fully saturated rings. The Morgan fingerprint density at radius 1 is 1.18 bits per heavy atom. The van der Waals surface area contributed by atoms with Crippen LogP contribution in [0.4, 0.5) is 13.2 Å². The molecule has 0 aliphatic carbocycles. The first-order chi connectivity index (χ1) is 7.96. The van der Waals surface area contributed by atoms with Crippen molar-refractivity contribution in [2.45, 2.75) is 18.4 Å². The van der Waals surface area contributed by atoms with Gasteiger partial charge in [-0.1, -0.05) is 22.0 Å². The molecule has 0 radical (unpaired) electrons. The van der Waals surface area contributed by atoms with E-state index in [1.807, 2.05) is 0 Å². The predicted octanol–water partition coefficient (Wildman–Crippen LogP) is 3.92. The fraction of sp³-hybridized carbons (Fsp3) is 0.455. The van der Waals surface area contributed by atoms with Gasteiger partial charge in [0.25, 0.3) is 0 Å². The van der Waals surface area contributed by atoms with Gasteiger partial charge in [-0.05, 0) is 24.6 Å². The van der Waals surface area contributed by atoms with E-state index in [1.54, 1.807) is 19.1 Å². The molecule has 0 bridgehead atoms. The lowest BCUT2D eigenvalue weighted by Crippen LogP contribution is -2.19. The summed E-state index contributed by atoms with van der Waals surface area (Å²) in [6.45, 7) is 0.809. The van der Waals surface area contributed by atoms with Crippen LogP contribution in [-0.4, -0.2) is 19.4 Å². The maximum atomic E-state index is 12.0. The summed E-state index contributed by atoms with van der Waals surface area (Å²) in [7, 11) is 0. The smallest absolute Gasteiger partial charge is 0.422 e. The maximum absolute atomic E-state index is 12.0. The minimum absolute atomic E-state index is 0.105. The summed E-state index contributed by atoms with van der Waals surface area (Å²) < 4.78 is 46.0. The number of alkyl halides is 4. The lowest BCUT2D eigenvalue weighted by molar-refractivity contribution is -0.153. The van der Waals surface area contributed by atoms with Crippen LogP contribution in [0.1, 0.15) is 12.5 Å². The predicted molar refractivity (Wildman–Crippen MR) is 61.8 cm³/mol. The Hall–Kier alpha value is -0.910. The Morgan fingerprint density at radius 2 is 1.88 bits per heavy atom. The summed E-state index contributed by atoms with van der Waals surface area (Å²) in [5, 5.41) is 0.604. The fourth-order valence-electron chi connectivity index (χ4n) is 1.18. The number of rotatable bonds is 5. The van der Waals surface area contributed by atoms with Crippen molar-refractivity contribution in [2.24, 2.45) is 0 Å². The summed E-state index contributed by atoms with van der Waals surface area (Å²) in [6.07, 6.45) is -4.35. The summed E-state index contributed by atoms with van der Waals surface area (Å²) >= 11 is 3.26. The Balaban J connectivity index is 2.82. The van der Waals surface area contributed by atoms with Crippen molar-refractivity contribution < 1.29 is 22.6 Å². The molecular formula is C11H12BrF3O2. The van der Waals surface area contributed by atoms with E-state index in [-0.39, 0.29) is 5.75 Å². The molecule has 1 aromatic rings. The highest BCUT2D eigenvalue weighted by Gasteiger charge is 2.29. The third kappa shape index (κ3) is 4.85. The van der Waals surface area contributed by atoms with Gasteiger partial charge in [0.05, 0.1) is 6.61 Å². The monoisotopic (exact) mass is 312 g/mol. The first-order valence-electron chi connectivity index (χ1n) is 4.97. The highest BCUT2D eigenvalue weighted by molar-refractivity contribution is 9.08. The second kappa shape index (κ2) is 6.14. The van der Waals surface area contributed by atoms with Crippen molar-refractivity contribution >= 4 is 15.9 Å². The molecule has 0 spiro atoms. The van der Waals surface area contributed by atoms with Crippen LogP contribution in [0.15, 0.2) is 18.2 Å². The molecule has 0 saturated heterocycles. The minimum atomic E-state index is -4.35. The van der Waals surface area contributed by atoms with Crippen LogP contribution in [0.5, 0.6) is 11.5 Å². The largest absolute Gasteiger partial charge is 0.490 e. The van der Waals surface area contributed by atoms with Gasteiger partial charge >= 0.3 is 6.18 Å². The molecule has 0 aromatic heterocycles. The first kappa shape index (κ1) is 14.2. The molecule has 0 aliphatic heterocycles. The van der Waals surface area contributed by atoms with E-state index in [0.717, 1.165) is 5.56 Å². The Kier molecular flexibility index (Phi) is 5.11. The highest BCUT2D eigenvalue weighted by atomic mass is 79.9. The lowest BCUT2D eigenvalue weighted by atomic mass is 10.2. The zero-order chi connectivity index (χ0) is 12.9. The van der Waals surface area contributed by atoms with Crippen molar-refractivity contribution in [3.63, 3.8) is 0 Å². The van der Waals surface area contributed by atoms with Gasteiger partial charge in [-0.2, -0.15) is 13.2 Å². The molecule has 2 nitrogen and oxygen atoms in total. The molecular weight excluding hydrogens is 301 g/mol. The number of ether oxygens (including phenoxy) is 2. The van der Waals surface area contributed by atoms with Gasteiger partial charge in [0, 0.05) is 5.33 Å². The van der Waals surface area contributed by atoms with Crippen molar-refractivity contribution in [3.8, 4) is 11.5 Å². The Bertz CT molecular complexity index is 366. The van der Waals surface area contributed by atoms with Crippen LogP contribution in [-0.2, 0) is 5.33 Å². The van der Waals surface area contributed by atoms with E-state index in [4.69, 9.17) is 4.74 Å². The molecule has 0 saturated carbocycles. The molecule has 0 atom stereocenters. The minimum Gasteiger partial charge on any atom is -0.490 e. The SMILES string of the molecule is CCOc1cc(CBr)ccc1OCC(F)(F)F. The van der Waals surface area contributed by atoms with Crippen LogP contribution in [0.3, 0.4) is 0 Å². The number of hydrogen-bond donors (Lipinski definition) is 0. The lowest BCUT2D eigenvalue weighted by Gasteiger charge is -2.14. The molecule has 0 N–H and O–H groups in total. The van der Waals surface area contributed by atoms with E-state index in [1.165, 1.54) is 6.07 Å². The first-order valence-corrected chi connectivity index (χ1v) is 6.09. The van der Waals surface area contributed by atoms with Crippen molar-refractivity contribution in [1.82, 2.24) is 0 Å². The number of hydrogen-bond acceptors (Lipinski definition) is 2. The molecule has 0 amide bonds. The van der Waals surface area contributed by atoms with Crippen LogP contribution in [0.2, 0.25) is 0 Å². The second-order valence-electron chi connectivity index (χ2n) is 3.25. The molecule has 0 aliphatic rings. The van der Waals surface area contributed by atoms with Crippen molar-refractivity contribution in [1.29, 1.82) is 0 Å². The topological polar surface area (TPSA) is 18.5 Å². The van der Waals surface area contributed by atoms with Crippen LogP contribution < -0.4 is 9.47 Å². The van der Waals surface area contributed by atoms with E-state index in [0.29, 0.717) is 17.7 Å². The second-order valence-corrected chi connectivity index (χ2v) is 3.81. The van der Waals surface area contributed by atoms with E-state index >= 15 is 0 Å². The number of benzene rings is 1. The molecule has 96 valence electrons. The van der Waals surface area contributed by atoms with Gasteiger partial charge in [-0.25, -0.2) is 0 Å². The zero-order valence-electron chi connectivity index (χ0n) is 9.18. The van der Waals surface area contributed by atoms with E-state index in [9.17, 15) is 13.2 Å². The van der Waals surface area contributed by atoms with Crippen LogP contribution in [0.25, 0.3) is 0 Å². The van der Waals surface area contributed by atoms with Crippen LogP contribution in [0, 0.1) is 0 Å². The number of halogens is 4. The van der Waals surface area contributed by atoms with E-state index < -0.39 is 12.8 Å². The molecule has 1 aromatic carbocycles. The average molecular weight is 313 g/mol. The van der Waals surface area contributed by atoms with Gasteiger partial charge in [-0.15, -0.1) is 0 Å².